The third-order valence-electron chi connectivity index (χ3n) is 6.95. The van der Waals surface area contributed by atoms with E-state index in [4.69, 9.17) is 11.6 Å². The number of thioether (sulfide) groups is 1. The van der Waals surface area contributed by atoms with Crippen LogP contribution < -0.4 is 0 Å². The molecule has 0 unspecified atom stereocenters. The summed E-state index contributed by atoms with van der Waals surface area (Å²) in [4.78, 5) is 29.6. The number of benzene rings is 3. The van der Waals surface area contributed by atoms with Crippen molar-refractivity contribution in [1.29, 1.82) is 0 Å². The van der Waals surface area contributed by atoms with Gasteiger partial charge < -0.3 is 9.80 Å². The van der Waals surface area contributed by atoms with Crippen molar-refractivity contribution in [3.63, 3.8) is 0 Å². The van der Waals surface area contributed by atoms with Crippen LogP contribution in [0.3, 0.4) is 0 Å². The van der Waals surface area contributed by atoms with E-state index in [1.807, 2.05) is 58.3 Å². The lowest BCUT2D eigenvalue weighted by atomic mass is 9.90. The molecule has 0 N–H and O–H groups in total. The molecule has 2 fully saturated rings. The second kappa shape index (κ2) is 10.9. The Kier molecular flexibility index (Phi) is 7.45. The topological polar surface area (TPSA) is 40.6 Å². The van der Waals surface area contributed by atoms with Crippen molar-refractivity contribution in [3.05, 3.63) is 106 Å². The molecule has 0 aliphatic carbocycles. The first kappa shape index (κ1) is 24.0. The lowest BCUT2D eigenvalue weighted by Crippen LogP contribution is -2.38. The van der Waals surface area contributed by atoms with Gasteiger partial charge in [0.2, 0.25) is 5.91 Å². The van der Waals surface area contributed by atoms with Crippen LogP contribution >= 0.6 is 23.4 Å². The van der Waals surface area contributed by atoms with Crippen molar-refractivity contribution < 1.29 is 9.59 Å². The van der Waals surface area contributed by atoms with Crippen LogP contribution in [0.5, 0.6) is 0 Å². The van der Waals surface area contributed by atoms with E-state index in [-0.39, 0.29) is 17.2 Å². The molecule has 35 heavy (non-hydrogen) atoms. The predicted molar refractivity (Wildman–Crippen MR) is 142 cm³/mol. The van der Waals surface area contributed by atoms with Crippen LogP contribution in [0, 0.1) is 5.92 Å². The van der Waals surface area contributed by atoms with Gasteiger partial charge in [-0.2, -0.15) is 0 Å². The van der Waals surface area contributed by atoms with Gasteiger partial charge in [0.1, 0.15) is 5.37 Å². The number of nitrogens with zero attached hydrogens (tertiary/aromatic N) is 2. The molecule has 1 atom stereocenters. The van der Waals surface area contributed by atoms with Crippen LogP contribution in [0.1, 0.15) is 45.3 Å². The third kappa shape index (κ3) is 5.74. The van der Waals surface area contributed by atoms with E-state index >= 15 is 0 Å². The highest BCUT2D eigenvalue weighted by molar-refractivity contribution is 8.00. The minimum atomic E-state index is -0.0453. The van der Waals surface area contributed by atoms with Crippen molar-refractivity contribution in [1.82, 2.24) is 9.80 Å². The zero-order valence-electron chi connectivity index (χ0n) is 19.6. The highest BCUT2D eigenvalue weighted by Gasteiger charge is 2.33. The molecule has 3 aromatic rings. The van der Waals surface area contributed by atoms with Crippen molar-refractivity contribution in [2.75, 3.05) is 18.8 Å². The van der Waals surface area contributed by atoms with Gasteiger partial charge in [-0.15, -0.1) is 11.8 Å². The molecule has 180 valence electrons. The predicted octanol–water partition coefficient (Wildman–Crippen LogP) is 6.21. The quantitative estimate of drug-likeness (QED) is 0.400. The lowest BCUT2D eigenvalue weighted by molar-refractivity contribution is -0.128. The second-order valence-electron chi connectivity index (χ2n) is 9.36. The molecule has 0 aromatic heterocycles. The van der Waals surface area contributed by atoms with Gasteiger partial charge in [0.05, 0.1) is 5.75 Å². The molecule has 6 heteroatoms. The normalized spacial score (nSPS) is 18.8. The van der Waals surface area contributed by atoms with Crippen molar-refractivity contribution in [3.8, 4) is 0 Å². The fourth-order valence-electron chi connectivity index (χ4n) is 4.95. The molecule has 3 aromatic carbocycles. The third-order valence-corrected chi connectivity index (χ3v) is 8.45. The van der Waals surface area contributed by atoms with Crippen molar-refractivity contribution in [2.24, 2.45) is 5.92 Å². The molecule has 5 rings (SSSR count). The molecule has 2 saturated heterocycles. The number of carbonyl (C=O) groups is 2. The van der Waals surface area contributed by atoms with Gasteiger partial charge in [-0.25, -0.2) is 0 Å². The standard InChI is InChI=1S/C29H29ClN2O2S/c30-26-12-6-23(7-13-26)19-32-27(33)20-35-29(32)25-10-8-24(9-11-25)28(34)31-16-14-22(15-17-31)18-21-4-2-1-3-5-21/h1-13,22,29H,14-20H2/t29-/m0/s1. The molecule has 2 heterocycles. The number of likely N-dealkylation sites (tertiary alicyclic amines) is 1. The molecule has 2 aliphatic heterocycles. The Morgan fingerprint density at radius 2 is 1.57 bits per heavy atom. The number of piperidine rings is 1. The largest absolute Gasteiger partial charge is 0.339 e. The van der Waals surface area contributed by atoms with Gasteiger partial charge in [-0.05, 0) is 66.1 Å². The molecular weight excluding hydrogens is 476 g/mol. The average molecular weight is 505 g/mol. The molecule has 0 spiro atoms. The zero-order chi connectivity index (χ0) is 24.2. The highest BCUT2D eigenvalue weighted by Crippen LogP contribution is 2.39. The number of halogens is 1. The number of hydrogen-bond donors (Lipinski definition) is 0. The average Bonchev–Trinajstić information content (AvgIpc) is 3.26. The maximum absolute atomic E-state index is 13.1. The summed E-state index contributed by atoms with van der Waals surface area (Å²) in [5, 5.41) is 0.643. The van der Waals surface area contributed by atoms with Crippen LogP contribution in [-0.2, 0) is 17.8 Å². The van der Waals surface area contributed by atoms with Crippen LogP contribution in [0.15, 0.2) is 78.9 Å². The van der Waals surface area contributed by atoms with Gasteiger partial charge in [-0.3, -0.25) is 9.59 Å². The second-order valence-corrected chi connectivity index (χ2v) is 10.9. The first-order valence-electron chi connectivity index (χ1n) is 12.2. The molecule has 2 aliphatic rings. The van der Waals surface area contributed by atoms with E-state index in [1.54, 1.807) is 11.8 Å². The highest BCUT2D eigenvalue weighted by atomic mass is 35.5. The van der Waals surface area contributed by atoms with Crippen molar-refractivity contribution in [2.45, 2.75) is 31.2 Å². The van der Waals surface area contributed by atoms with E-state index in [0.717, 1.165) is 43.5 Å². The van der Waals surface area contributed by atoms with Crippen molar-refractivity contribution >= 4 is 35.2 Å². The Morgan fingerprint density at radius 3 is 2.26 bits per heavy atom. The van der Waals surface area contributed by atoms with E-state index in [2.05, 4.69) is 30.3 Å². The Hall–Kier alpha value is -2.76. The van der Waals surface area contributed by atoms with E-state index in [9.17, 15) is 9.59 Å². The minimum absolute atomic E-state index is 0.0453. The summed E-state index contributed by atoms with van der Waals surface area (Å²) in [7, 11) is 0. The summed E-state index contributed by atoms with van der Waals surface area (Å²) < 4.78 is 0. The summed E-state index contributed by atoms with van der Waals surface area (Å²) in [6.45, 7) is 2.16. The summed E-state index contributed by atoms with van der Waals surface area (Å²) >= 11 is 7.63. The van der Waals surface area contributed by atoms with Gasteiger partial charge in [0, 0.05) is 30.2 Å². The zero-order valence-corrected chi connectivity index (χ0v) is 21.2. The fourth-order valence-corrected chi connectivity index (χ4v) is 6.26. The fraction of sp³-hybridized carbons (Fsp3) is 0.310. The van der Waals surface area contributed by atoms with Crippen LogP contribution in [0.2, 0.25) is 5.02 Å². The van der Waals surface area contributed by atoms with Gasteiger partial charge in [0.25, 0.3) is 5.91 Å². The molecule has 0 saturated carbocycles. The number of carbonyl (C=O) groups excluding carboxylic acids is 2. The Labute approximate surface area is 216 Å². The number of rotatable bonds is 6. The molecule has 4 nitrogen and oxygen atoms in total. The molecular formula is C29H29ClN2O2S. The molecule has 2 amide bonds. The number of amides is 2. The Bertz CT molecular complexity index is 1160. The van der Waals surface area contributed by atoms with Gasteiger partial charge >= 0.3 is 0 Å². The monoisotopic (exact) mass is 504 g/mol. The van der Waals surface area contributed by atoms with Gasteiger partial charge in [-0.1, -0.05) is 66.2 Å². The maximum atomic E-state index is 13.1. The Balaban J connectivity index is 1.19. The summed E-state index contributed by atoms with van der Waals surface area (Å²) in [5.41, 5.74) is 4.20. The van der Waals surface area contributed by atoms with E-state index < -0.39 is 0 Å². The van der Waals surface area contributed by atoms with E-state index in [0.29, 0.717) is 28.8 Å². The van der Waals surface area contributed by atoms with Crippen LogP contribution in [0.25, 0.3) is 0 Å². The lowest BCUT2D eigenvalue weighted by Gasteiger charge is -2.32. The molecule has 0 bridgehead atoms. The Morgan fingerprint density at radius 1 is 0.886 bits per heavy atom. The number of hydrogen-bond acceptors (Lipinski definition) is 3. The SMILES string of the molecule is O=C(c1ccc([C@@H]2SCC(=O)N2Cc2ccc(Cl)cc2)cc1)N1CCC(Cc2ccccc2)CC1. The maximum Gasteiger partial charge on any atom is 0.253 e. The summed E-state index contributed by atoms with van der Waals surface area (Å²) in [6.07, 6.45) is 3.17. The van der Waals surface area contributed by atoms with Crippen LogP contribution in [0.4, 0.5) is 0 Å². The minimum Gasteiger partial charge on any atom is -0.339 e. The van der Waals surface area contributed by atoms with Gasteiger partial charge in [0.15, 0.2) is 0 Å². The van der Waals surface area contributed by atoms with E-state index in [1.165, 1.54) is 5.56 Å². The van der Waals surface area contributed by atoms with Crippen LogP contribution in [-0.4, -0.2) is 40.5 Å². The molecule has 0 radical (unpaired) electrons. The first-order valence-corrected chi connectivity index (χ1v) is 13.6. The summed E-state index contributed by atoms with van der Waals surface area (Å²) in [6, 6.07) is 26.1. The smallest absolute Gasteiger partial charge is 0.253 e. The first-order chi connectivity index (χ1) is 17.1. The summed E-state index contributed by atoms with van der Waals surface area (Å²) in [5.74, 6) is 1.33.